The molecule has 0 radical (unpaired) electrons. The van der Waals surface area contributed by atoms with Gasteiger partial charge in [0.1, 0.15) is 0 Å². The highest BCUT2D eigenvalue weighted by atomic mass is 14.8. The van der Waals surface area contributed by atoms with Crippen LogP contribution < -0.4 is 11.1 Å². The van der Waals surface area contributed by atoms with Crippen LogP contribution in [0.4, 0.5) is 0 Å². The van der Waals surface area contributed by atoms with E-state index < -0.39 is 0 Å². The Balaban J connectivity index is 3.16. The molecule has 0 fully saturated rings. The van der Waals surface area contributed by atoms with Gasteiger partial charge in [0.25, 0.3) is 0 Å². The summed E-state index contributed by atoms with van der Waals surface area (Å²) in [4.78, 5) is 0. The van der Waals surface area contributed by atoms with Gasteiger partial charge in [-0.05, 0) is 32.4 Å². The van der Waals surface area contributed by atoms with Gasteiger partial charge in [0.2, 0.25) is 0 Å². The predicted molar refractivity (Wildman–Crippen MR) is 46.0 cm³/mol. The van der Waals surface area contributed by atoms with Crippen molar-refractivity contribution in [2.45, 2.75) is 32.7 Å². The Hall–Kier alpha value is -0.0800. The maximum atomic E-state index is 5.82. The minimum atomic E-state index is 0.382. The van der Waals surface area contributed by atoms with Crippen molar-refractivity contribution < 1.29 is 0 Å². The van der Waals surface area contributed by atoms with E-state index in [9.17, 15) is 0 Å². The second kappa shape index (κ2) is 5.69. The average Bonchev–Trinajstić information content (AvgIpc) is 1.82. The maximum absolute atomic E-state index is 5.82. The molecule has 2 nitrogen and oxygen atoms in total. The Bertz CT molecular complexity index is 71.7. The summed E-state index contributed by atoms with van der Waals surface area (Å²) in [7, 11) is 1.96. The lowest BCUT2D eigenvalue weighted by molar-refractivity contribution is 0.467. The van der Waals surface area contributed by atoms with E-state index in [1.54, 1.807) is 0 Å². The molecular weight excluding hydrogens is 124 g/mol. The van der Waals surface area contributed by atoms with E-state index in [2.05, 4.69) is 19.2 Å². The standard InChI is InChI=1S/C8H20N2/c1-7(2)6-8(9)4-5-10-3/h7-8,10H,4-6,9H2,1-3H3/t8-/m1/s1. The van der Waals surface area contributed by atoms with E-state index in [-0.39, 0.29) is 0 Å². The first-order valence-corrected chi connectivity index (χ1v) is 4.07. The van der Waals surface area contributed by atoms with Crippen molar-refractivity contribution in [2.75, 3.05) is 13.6 Å². The van der Waals surface area contributed by atoms with Crippen molar-refractivity contribution in [1.82, 2.24) is 5.32 Å². The molecule has 0 aromatic rings. The summed E-state index contributed by atoms with van der Waals surface area (Å²) < 4.78 is 0. The highest BCUT2D eigenvalue weighted by Crippen LogP contribution is 2.04. The third kappa shape index (κ3) is 6.05. The van der Waals surface area contributed by atoms with Crippen molar-refractivity contribution in [2.24, 2.45) is 11.7 Å². The largest absolute Gasteiger partial charge is 0.328 e. The molecule has 0 aliphatic carbocycles. The van der Waals surface area contributed by atoms with Gasteiger partial charge >= 0.3 is 0 Å². The molecule has 0 aromatic carbocycles. The van der Waals surface area contributed by atoms with Crippen LogP contribution in [-0.4, -0.2) is 19.6 Å². The Morgan fingerprint density at radius 1 is 1.40 bits per heavy atom. The first kappa shape index (κ1) is 9.92. The quantitative estimate of drug-likeness (QED) is 0.603. The van der Waals surface area contributed by atoms with Gasteiger partial charge in [-0.25, -0.2) is 0 Å². The van der Waals surface area contributed by atoms with Gasteiger partial charge in [-0.1, -0.05) is 13.8 Å². The summed E-state index contributed by atoms with van der Waals surface area (Å²) in [6, 6.07) is 0.382. The Morgan fingerprint density at radius 2 is 2.00 bits per heavy atom. The molecule has 0 aliphatic rings. The van der Waals surface area contributed by atoms with E-state index in [0.717, 1.165) is 25.3 Å². The molecule has 0 spiro atoms. The lowest BCUT2D eigenvalue weighted by Crippen LogP contribution is -2.26. The molecule has 0 amide bonds. The Kier molecular flexibility index (Phi) is 5.64. The molecule has 1 atom stereocenters. The molecule has 2 heteroatoms. The fraction of sp³-hybridized carbons (Fsp3) is 1.00. The molecule has 0 aromatic heterocycles. The minimum absolute atomic E-state index is 0.382. The predicted octanol–water partition coefficient (Wildman–Crippen LogP) is 0.969. The van der Waals surface area contributed by atoms with E-state index in [4.69, 9.17) is 5.73 Å². The van der Waals surface area contributed by atoms with Crippen molar-refractivity contribution in [3.8, 4) is 0 Å². The van der Waals surface area contributed by atoms with Crippen molar-refractivity contribution in [1.29, 1.82) is 0 Å². The van der Waals surface area contributed by atoms with Gasteiger partial charge < -0.3 is 11.1 Å². The molecule has 0 saturated carbocycles. The van der Waals surface area contributed by atoms with Crippen LogP contribution in [0.1, 0.15) is 26.7 Å². The zero-order chi connectivity index (χ0) is 7.98. The summed E-state index contributed by atoms with van der Waals surface area (Å²) in [5.74, 6) is 0.729. The summed E-state index contributed by atoms with van der Waals surface area (Å²) in [5, 5.41) is 3.09. The van der Waals surface area contributed by atoms with Crippen LogP contribution in [0.25, 0.3) is 0 Å². The minimum Gasteiger partial charge on any atom is -0.328 e. The van der Waals surface area contributed by atoms with Crippen LogP contribution in [0.3, 0.4) is 0 Å². The zero-order valence-corrected chi connectivity index (χ0v) is 7.35. The van der Waals surface area contributed by atoms with E-state index >= 15 is 0 Å². The van der Waals surface area contributed by atoms with E-state index in [1.165, 1.54) is 0 Å². The highest BCUT2D eigenvalue weighted by molar-refractivity contribution is 4.63. The van der Waals surface area contributed by atoms with E-state index in [0.29, 0.717) is 6.04 Å². The molecule has 3 N–H and O–H groups in total. The molecule has 0 unspecified atom stereocenters. The Labute approximate surface area is 64.2 Å². The number of hydrogen-bond acceptors (Lipinski definition) is 2. The number of nitrogens with one attached hydrogen (secondary N) is 1. The van der Waals surface area contributed by atoms with Gasteiger partial charge in [-0.3, -0.25) is 0 Å². The van der Waals surface area contributed by atoms with Gasteiger partial charge in [0, 0.05) is 6.04 Å². The lowest BCUT2D eigenvalue weighted by Gasteiger charge is -2.12. The van der Waals surface area contributed by atoms with Crippen LogP contribution in [0.2, 0.25) is 0 Å². The fourth-order valence-corrected chi connectivity index (χ4v) is 1.05. The third-order valence-corrected chi connectivity index (χ3v) is 1.54. The number of hydrogen-bond donors (Lipinski definition) is 2. The summed E-state index contributed by atoms with van der Waals surface area (Å²) in [5.41, 5.74) is 5.82. The van der Waals surface area contributed by atoms with Crippen molar-refractivity contribution in [3.63, 3.8) is 0 Å². The fourth-order valence-electron chi connectivity index (χ4n) is 1.05. The highest BCUT2D eigenvalue weighted by Gasteiger charge is 2.03. The zero-order valence-electron chi connectivity index (χ0n) is 7.35. The van der Waals surface area contributed by atoms with Crippen LogP contribution in [0, 0.1) is 5.92 Å². The monoisotopic (exact) mass is 144 g/mol. The first-order chi connectivity index (χ1) is 4.66. The molecule has 62 valence electrons. The average molecular weight is 144 g/mol. The second-order valence-electron chi connectivity index (χ2n) is 3.28. The van der Waals surface area contributed by atoms with Gasteiger partial charge in [-0.15, -0.1) is 0 Å². The summed E-state index contributed by atoms with van der Waals surface area (Å²) in [6.07, 6.45) is 2.23. The van der Waals surface area contributed by atoms with Crippen LogP contribution >= 0.6 is 0 Å². The van der Waals surface area contributed by atoms with Crippen LogP contribution in [-0.2, 0) is 0 Å². The van der Waals surface area contributed by atoms with Gasteiger partial charge in [0.15, 0.2) is 0 Å². The maximum Gasteiger partial charge on any atom is 0.00533 e. The molecule has 0 rings (SSSR count). The number of nitrogens with two attached hydrogens (primary N) is 1. The smallest absolute Gasteiger partial charge is 0.00533 e. The van der Waals surface area contributed by atoms with Gasteiger partial charge in [0.05, 0.1) is 0 Å². The van der Waals surface area contributed by atoms with Crippen LogP contribution in [0.5, 0.6) is 0 Å². The Morgan fingerprint density at radius 3 is 2.40 bits per heavy atom. The first-order valence-electron chi connectivity index (χ1n) is 4.07. The summed E-state index contributed by atoms with van der Waals surface area (Å²) >= 11 is 0. The topological polar surface area (TPSA) is 38.0 Å². The van der Waals surface area contributed by atoms with E-state index in [1.807, 2.05) is 7.05 Å². The molecular formula is C8H20N2. The molecule has 0 bridgehead atoms. The lowest BCUT2D eigenvalue weighted by atomic mass is 10.0. The summed E-state index contributed by atoms with van der Waals surface area (Å²) in [6.45, 7) is 5.45. The van der Waals surface area contributed by atoms with Crippen molar-refractivity contribution >= 4 is 0 Å². The van der Waals surface area contributed by atoms with Crippen molar-refractivity contribution in [3.05, 3.63) is 0 Å². The van der Waals surface area contributed by atoms with Gasteiger partial charge in [-0.2, -0.15) is 0 Å². The molecule has 0 aliphatic heterocycles. The third-order valence-electron chi connectivity index (χ3n) is 1.54. The SMILES string of the molecule is CNCC[C@@H](N)CC(C)C. The molecule has 10 heavy (non-hydrogen) atoms. The normalized spacial score (nSPS) is 14.1. The molecule has 0 saturated heterocycles. The molecule has 0 heterocycles. The van der Waals surface area contributed by atoms with Crippen LogP contribution in [0.15, 0.2) is 0 Å². The number of rotatable bonds is 5. The second-order valence-corrected chi connectivity index (χ2v) is 3.28.